The van der Waals surface area contributed by atoms with E-state index in [1.165, 1.54) is 11.1 Å². The number of benzene rings is 2. The van der Waals surface area contributed by atoms with E-state index in [-0.39, 0.29) is 30.3 Å². The number of carbonyl (C=O) groups excluding carboxylic acids is 2. The Bertz CT molecular complexity index is 1190. The summed E-state index contributed by atoms with van der Waals surface area (Å²) in [7, 11) is 0. The van der Waals surface area contributed by atoms with Gasteiger partial charge in [-0.2, -0.15) is 5.10 Å². The molecule has 196 valence electrons. The van der Waals surface area contributed by atoms with E-state index in [9.17, 15) is 9.59 Å². The van der Waals surface area contributed by atoms with Crippen molar-refractivity contribution in [3.05, 3.63) is 69.7 Å². The molecule has 7 nitrogen and oxygen atoms in total. The fraction of sp³-hybridized carbons (Fsp3) is 0.483. The number of hydrazone groups is 1. The van der Waals surface area contributed by atoms with Crippen LogP contribution in [0.2, 0.25) is 5.02 Å². The summed E-state index contributed by atoms with van der Waals surface area (Å²) in [4.78, 5) is 31.0. The lowest BCUT2D eigenvalue weighted by Gasteiger charge is -2.31. The molecule has 37 heavy (non-hydrogen) atoms. The third-order valence-electron chi connectivity index (χ3n) is 7.62. The standard InChI is InChI=1S/C29H35ClN4O3/c1-20-7-8-23(17-21(20)2)26-18-27(24-5-3-4-6-25(24)30)34(31-26)28(35)19-33(29(36)22-9-10-22)12-11-32-13-15-37-16-14-32/h3-8,17,22,27H,9-16,18-19H2,1-2H3/t27-/m0/s1. The van der Waals surface area contributed by atoms with Gasteiger partial charge in [-0.05, 0) is 61.1 Å². The molecular formula is C29H35ClN4O3. The molecule has 2 aromatic carbocycles. The zero-order valence-corrected chi connectivity index (χ0v) is 22.4. The molecule has 0 N–H and O–H groups in total. The van der Waals surface area contributed by atoms with Crippen molar-refractivity contribution in [1.82, 2.24) is 14.8 Å². The van der Waals surface area contributed by atoms with E-state index in [1.54, 1.807) is 9.91 Å². The number of carbonyl (C=O) groups is 2. The van der Waals surface area contributed by atoms with Crippen LogP contribution in [0.1, 0.15) is 47.6 Å². The lowest BCUT2D eigenvalue weighted by atomic mass is 9.96. The molecule has 8 heteroatoms. The van der Waals surface area contributed by atoms with Crippen molar-refractivity contribution in [3.63, 3.8) is 0 Å². The summed E-state index contributed by atoms with van der Waals surface area (Å²) in [5, 5.41) is 7.00. The van der Waals surface area contributed by atoms with Crippen LogP contribution in [-0.2, 0) is 14.3 Å². The van der Waals surface area contributed by atoms with E-state index in [2.05, 4.69) is 36.9 Å². The molecular weight excluding hydrogens is 488 g/mol. The molecule has 0 radical (unpaired) electrons. The molecule has 2 amide bonds. The van der Waals surface area contributed by atoms with Crippen LogP contribution in [0.5, 0.6) is 0 Å². The molecule has 2 fully saturated rings. The van der Waals surface area contributed by atoms with Crippen molar-refractivity contribution < 1.29 is 14.3 Å². The first-order valence-electron chi connectivity index (χ1n) is 13.2. The monoisotopic (exact) mass is 522 g/mol. The average molecular weight is 523 g/mol. The normalized spacial score (nSPS) is 20.1. The minimum absolute atomic E-state index is 0.0182. The number of morpholine rings is 1. The largest absolute Gasteiger partial charge is 0.379 e. The van der Waals surface area contributed by atoms with Crippen molar-refractivity contribution >= 4 is 29.1 Å². The van der Waals surface area contributed by atoms with E-state index < -0.39 is 0 Å². The van der Waals surface area contributed by atoms with Crippen LogP contribution >= 0.6 is 11.6 Å². The van der Waals surface area contributed by atoms with Crippen molar-refractivity contribution in [2.45, 2.75) is 39.2 Å². The molecule has 3 aliphatic rings. The summed E-state index contributed by atoms with van der Waals surface area (Å²) in [6.45, 7) is 8.56. The molecule has 1 saturated heterocycles. The van der Waals surface area contributed by atoms with Crippen LogP contribution < -0.4 is 0 Å². The van der Waals surface area contributed by atoms with Gasteiger partial charge in [-0.15, -0.1) is 0 Å². The van der Waals surface area contributed by atoms with E-state index >= 15 is 0 Å². The number of amides is 2. The van der Waals surface area contributed by atoms with Gasteiger partial charge < -0.3 is 9.64 Å². The summed E-state index contributed by atoms with van der Waals surface area (Å²) >= 11 is 6.59. The maximum absolute atomic E-state index is 13.8. The smallest absolute Gasteiger partial charge is 0.262 e. The van der Waals surface area contributed by atoms with Gasteiger partial charge >= 0.3 is 0 Å². The number of rotatable bonds is 8. The highest BCUT2D eigenvalue weighted by atomic mass is 35.5. The van der Waals surface area contributed by atoms with Crippen molar-refractivity contribution in [3.8, 4) is 0 Å². The lowest BCUT2D eigenvalue weighted by Crippen LogP contribution is -2.47. The number of hydrogen-bond donors (Lipinski definition) is 0. The Labute approximate surface area is 224 Å². The Morgan fingerprint density at radius 2 is 1.84 bits per heavy atom. The third-order valence-corrected chi connectivity index (χ3v) is 7.97. The predicted octanol–water partition coefficient (Wildman–Crippen LogP) is 4.21. The first-order valence-corrected chi connectivity index (χ1v) is 13.6. The van der Waals surface area contributed by atoms with Gasteiger partial charge in [0.2, 0.25) is 5.91 Å². The molecule has 2 heterocycles. The predicted molar refractivity (Wildman–Crippen MR) is 145 cm³/mol. The van der Waals surface area contributed by atoms with Crippen LogP contribution in [0.15, 0.2) is 47.6 Å². The quantitative estimate of drug-likeness (QED) is 0.521. The summed E-state index contributed by atoms with van der Waals surface area (Å²) < 4.78 is 5.45. The Hall–Kier alpha value is -2.74. The van der Waals surface area contributed by atoms with Crippen LogP contribution in [0.4, 0.5) is 0 Å². The Morgan fingerprint density at radius 3 is 2.54 bits per heavy atom. The molecule has 2 aliphatic heterocycles. The molecule has 5 rings (SSSR count). The van der Waals surface area contributed by atoms with Crippen LogP contribution in [0.3, 0.4) is 0 Å². The van der Waals surface area contributed by atoms with Crippen molar-refractivity contribution in [2.24, 2.45) is 11.0 Å². The second-order valence-electron chi connectivity index (χ2n) is 10.3. The molecule has 2 aromatic rings. The zero-order valence-electron chi connectivity index (χ0n) is 21.7. The minimum atomic E-state index is -0.310. The average Bonchev–Trinajstić information content (AvgIpc) is 3.67. The van der Waals surface area contributed by atoms with Crippen LogP contribution in [-0.4, -0.2) is 78.3 Å². The molecule has 1 aliphatic carbocycles. The molecule has 0 unspecified atom stereocenters. The van der Waals surface area contributed by atoms with E-state index in [4.69, 9.17) is 21.4 Å². The fourth-order valence-electron chi connectivity index (χ4n) is 5.00. The van der Waals surface area contributed by atoms with Crippen molar-refractivity contribution in [1.29, 1.82) is 0 Å². The van der Waals surface area contributed by atoms with E-state index in [0.717, 1.165) is 49.3 Å². The number of aryl methyl sites for hydroxylation is 2. The van der Waals surface area contributed by atoms with E-state index in [1.807, 2.05) is 24.3 Å². The lowest BCUT2D eigenvalue weighted by molar-refractivity contribution is -0.142. The first kappa shape index (κ1) is 25.9. The highest BCUT2D eigenvalue weighted by Crippen LogP contribution is 2.37. The molecule has 0 aromatic heterocycles. The summed E-state index contributed by atoms with van der Waals surface area (Å²) in [5.74, 6) is -0.0572. The van der Waals surface area contributed by atoms with Crippen LogP contribution in [0.25, 0.3) is 0 Å². The number of halogens is 1. The molecule has 0 bridgehead atoms. The Balaban J connectivity index is 1.38. The number of ether oxygens (including phenoxy) is 1. The SMILES string of the molecule is Cc1ccc(C2=NN(C(=O)CN(CCN3CCOCC3)C(=O)C3CC3)[C@H](c3ccccc3Cl)C2)cc1C. The van der Waals surface area contributed by atoms with Gasteiger partial charge in [0, 0.05) is 43.5 Å². The molecule has 1 saturated carbocycles. The second kappa shape index (κ2) is 11.3. The maximum atomic E-state index is 13.8. The van der Waals surface area contributed by atoms with Gasteiger partial charge in [-0.1, -0.05) is 41.9 Å². The van der Waals surface area contributed by atoms with Gasteiger partial charge in [0.25, 0.3) is 5.91 Å². The fourth-order valence-corrected chi connectivity index (χ4v) is 5.26. The molecule has 1 atom stereocenters. The highest BCUT2D eigenvalue weighted by Gasteiger charge is 2.38. The van der Waals surface area contributed by atoms with Gasteiger partial charge in [-0.3, -0.25) is 14.5 Å². The zero-order chi connectivity index (χ0) is 25.9. The Kier molecular flexibility index (Phi) is 7.93. The maximum Gasteiger partial charge on any atom is 0.262 e. The topological polar surface area (TPSA) is 65.5 Å². The van der Waals surface area contributed by atoms with Gasteiger partial charge in [0.1, 0.15) is 6.54 Å². The van der Waals surface area contributed by atoms with Gasteiger partial charge in [0.05, 0.1) is 25.0 Å². The summed E-state index contributed by atoms with van der Waals surface area (Å²) in [5.41, 5.74) is 5.13. The second-order valence-corrected chi connectivity index (χ2v) is 10.7. The van der Waals surface area contributed by atoms with Crippen molar-refractivity contribution in [2.75, 3.05) is 45.9 Å². The van der Waals surface area contributed by atoms with Gasteiger partial charge in [-0.25, -0.2) is 5.01 Å². The molecule has 0 spiro atoms. The first-order chi connectivity index (χ1) is 17.9. The van der Waals surface area contributed by atoms with E-state index in [0.29, 0.717) is 31.2 Å². The van der Waals surface area contributed by atoms with Gasteiger partial charge in [0.15, 0.2) is 0 Å². The highest BCUT2D eigenvalue weighted by molar-refractivity contribution is 6.31. The van der Waals surface area contributed by atoms with Crippen LogP contribution in [0, 0.1) is 19.8 Å². The minimum Gasteiger partial charge on any atom is -0.379 e. The summed E-state index contributed by atoms with van der Waals surface area (Å²) in [6, 6.07) is 13.6. The summed E-state index contributed by atoms with van der Waals surface area (Å²) in [6.07, 6.45) is 2.38. The number of nitrogens with zero attached hydrogens (tertiary/aromatic N) is 4. The third kappa shape index (κ3) is 6.06. The number of hydrogen-bond acceptors (Lipinski definition) is 5. The Morgan fingerprint density at radius 1 is 1.08 bits per heavy atom.